The Morgan fingerprint density at radius 2 is 2.05 bits per heavy atom. The van der Waals surface area contributed by atoms with Crippen molar-refractivity contribution in [3.05, 3.63) is 35.9 Å². The predicted octanol–water partition coefficient (Wildman–Crippen LogP) is 2.53. The Morgan fingerprint density at radius 3 is 2.65 bits per heavy atom. The van der Waals surface area contributed by atoms with E-state index in [0.29, 0.717) is 6.54 Å². The zero-order chi connectivity index (χ0) is 14.4. The highest BCUT2D eigenvalue weighted by atomic mass is 16.3. The Balaban J connectivity index is 1.64. The summed E-state index contributed by atoms with van der Waals surface area (Å²) in [7, 11) is 0. The van der Waals surface area contributed by atoms with Crippen LogP contribution in [-0.4, -0.2) is 24.2 Å². The topological polar surface area (TPSA) is 49.3 Å². The molecule has 1 saturated carbocycles. The van der Waals surface area contributed by atoms with Crippen LogP contribution in [0.4, 0.5) is 0 Å². The quantitative estimate of drug-likeness (QED) is 0.766. The minimum Gasteiger partial charge on any atom is -0.396 e. The standard InChI is InChI=1S/C17H25NO2/c1-14(6-5-9-15-7-3-2-4-8-15)16(20)18-12-17(13-19)10-11-17/h2-4,7-8,14,19H,5-6,9-13H2,1H3,(H,18,20). The fraction of sp³-hybridized carbons (Fsp3) is 0.588. The molecule has 1 aliphatic carbocycles. The molecule has 2 N–H and O–H groups in total. The molecule has 0 saturated heterocycles. The van der Waals surface area contributed by atoms with Crippen LogP contribution in [0.15, 0.2) is 30.3 Å². The SMILES string of the molecule is CC(CCCc1ccccc1)C(=O)NCC1(CO)CC1. The van der Waals surface area contributed by atoms with Gasteiger partial charge in [-0.15, -0.1) is 0 Å². The van der Waals surface area contributed by atoms with Crippen LogP contribution in [-0.2, 0) is 11.2 Å². The number of carbonyl (C=O) groups is 1. The van der Waals surface area contributed by atoms with Crippen LogP contribution in [0.2, 0.25) is 0 Å². The highest BCUT2D eigenvalue weighted by Gasteiger charge is 2.42. The van der Waals surface area contributed by atoms with Crippen LogP contribution < -0.4 is 5.32 Å². The molecule has 1 amide bonds. The molecule has 2 rings (SSSR count). The number of hydrogen-bond donors (Lipinski definition) is 2. The second-order valence-corrected chi connectivity index (χ2v) is 6.15. The third-order valence-corrected chi connectivity index (χ3v) is 4.32. The van der Waals surface area contributed by atoms with Crippen LogP contribution in [0.1, 0.15) is 38.2 Å². The van der Waals surface area contributed by atoms with Crippen LogP contribution in [0.25, 0.3) is 0 Å². The molecule has 1 unspecified atom stereocenters. The summed E-state index contributed by atoms with van der Waals surface area (Å²) < 4.78 is 0. The minimum absolute atomic E-state index is 0.000577. The number of amides is 1. The maximum Gasteiger partial charge on any atom is 0.222 e. The number of carbonyl (C=O) groups excluding carboxylic acids is 1. The van der Waals surface area contributed by atoms with Crippen molar-refractivity contribution in [1.82, 2.24) is 5.32 Å². The Kier molecular flexibility index (Phi) is 5.18. The monoisotopic (exact) mass is 275 g/mol. The largest absolute Gasteiger partial charge is 0.396 e. The summed E-state index contributed by atoms with van der Waals surface area (Å²) in [6.07, 6.45) is 5.04. The molecule has 1 aromatic carbocycles. The fourth-order valence-corrected chi connectivity index (χ4v) is 2.40. The van der Waals surface area contributed by atoms with Crippen LogP contribution in [0.3, 0.4) is 0 Å². The number of aliphatic hydroxyl groups excluding tert-OH is 1. The molecule has 0 radical (unpaired) electrons. The number of aliphatic hydroxyl groups is 1. The van der Waals surface area contributed by atoms with Gasteiger partial charge in [0, 0.05) is 17.9 Å². The number of rotatable bonds is 8. The Morgan fingerprint density at radius 1 is 1.35 bits per heavy atom. The summed E-state index contributed by atoms with van der Waals surface area (Å²) in [5.41, 5.74) is 1.33. The molecule has 3 nitrogen and oxygen atoms in total. The lowest BCUT2D eigenvalue weighted by molar-refractivity contribution is -0.125. The number of hydrogen-bond acceptors (Lipinski definition) is 2. The molecule has 1 fully saturated rings. The highest BCUT2D eigenvalue weighted by Crippen LogP contribution is 2.44. The predicted molar refractivity (Wildman–Crippen MR) is 80.3 cm³/mol. The van der Waals surface area contributed by atoms with E-state index in [1.807, 2.05) is 13.0 Å². The van der Waals surface area contributed by atoms with Gasteiger partial charge in [-0.1, -0.05) is 37.3 Å². The summed E-state index contributed by atoms with van der Waals surface area (Å²) in [6.45, 7) is 2.81. The molecule has 0 aliphatic heterocycles. The van der Waals surface area contributed by atoms with E-state index < -0.39 is 0 Å². The average Bonchev–Trinajstić information content (AvgIpc) is 3.26. The van der Waals surface area contributed by atoms with Gasteiger partial charge in [0.25, 0.3) is 0 Å². The van der Waals surface area contributed by atoms with E-state index in [-0.39, 0.29) is 23.8 Å². The molecular weight excluding hydrogens is 250 g/mol. The Labute approximate surface area is 121 Å². The molecule has 1 aromatic rings. The summed E-state index contributed by atoms with van der Waals surface area (Å²) in [6, 6.07) is 10.4. The number of benzene rings is 1. The van der Waals surface area contributed by atoms with Gasteiger partial charge < -0.3 is 10.4 Å². The van der Waals surface area contributed by atoms with Crippen molar-refractivity contribution >= 4 is 5.91 Å². The van der Waals surface area contributed by atoms with Crippen LogP contribution >= 0.6 is 0 Å². The first-order valence-corrected chi connectivity index (χ1v) is 7.58. The van der Waals surface area contributed by atoms with E-state index in [1.54, 1.807) is 0 Å². The van der Waals surface area contributed by atoms with Gasteiger partial charge in [-0.05, 0) is 37.7 Å². The van der Waals surface area contributed by atoms with Crippen molar-refractivity contribution in [2.45, 2.75) is 39.0 Å². The lowest BCUT2D eigenvalue weighted by atomic mass is 10.00. The zero-order valence-electron chi connectivity index (χ0n) is 12.3. The second kappa shape index (κ2) is 6.89. The third kappa shape index (κ3) is 4.34. The summed E-state index contributed by atoms with van der Waals surface area (Å²) in [5, 5.41) is 12.2. The molecule has 0 bridgehead atoms. The molecule has 1 aliphatic rings. The second-order valence-electron chi connectivity index (χ2n) is 6.15. The Bertz CT molecular complexity index is 426. The summed E-state index contributed by atoms with van der Waals surface area (Å²) in [5.74, 6) is 0.172. The third-order valence-electron chi connectivity index (χ3n) is 4.32. The normalized spacial score (nSPS) is 17.5. The first-order chi connectivity index (χ1) is 9.65. The molecule has 20 heavy (non-hydrogen) atoms. The lowest BCUT2D eigenvalue weighted by Crippen LogP contribution is -2.35. The van der Waals surface area contributed by atoms with E-state index in [9.17, 15) is 9.90 Å². The Hall–Kier alpha value is -1.35. The van der Waals surface area contributed by atoms with E-state index in [0.717, 1.165) is 32.1 Å². The van der Waals surface area contributed by atoms with Crippen molar-refractivity contribution in [3.63, 3.8) is 0 Å². The van der Waals surface area contributed by atoms with Crippen molar-refractivity contribution in [2.24, 2.45) is 11.3 Å². The van der Waals surface area contributed by atoms with E-state index in [1.165, 1.54) is 5.56 Å². The van der Waals surface area contributed by atoms with Gasteiger partial charge in [-0.25, -0.2) is 0 Å². The van der Waals surface area contributed by atoms with Gasteiger partial charge in [-0.3, -0.25) is 4.79 Å². The zero-order valence-corrected chi connectivity index (χ0v) is 12.3. The van der Waals surface area contributed by atoms with Crippen LogP contribution in [0, 0.1) is 11.3 Å². The van der Waals surface area contributed by atoms with Gasteiger partial charge in [0.15, 0.2) is 0 Å². The maximum absolute atomic E-state index is 12.0. The smallest absolute Gasteiger partial charge is 0.222 e. The summed E-state index contributed by atoms with van der Waals surface area (Å²) in [4.78, 5) is 12.0. The molecule has 1 atom stereocenters. The first-order valence-electron chi connectivity index (χ1n) is 7.58. The van der Waals surface area contributed by atoms with E-state index in [4.69, 9.17) is 0 Å². The molecule has 0 heterocycles. The van der Waals surface area contributed by atoms with Gasteiger partial charge in [0.2, 0.25) is 5.91 Å². The first kappa shape index (κ1) is 15.0. The van der Waals surface area contributed by atoms with E-state index in [2.05, 4.69) is 29.6 Å². The molecule has 110 valence electrons. The van der Waals surface area contributed by atoms with Gasteiger partial charge in [0.1, 0.15) is 0 Å². The molecule has 0 aromatic heterocycles. The van der Waals surface area contributed by atoms with Crippen molar-refractivity contribution in [3.8, 4) is 0 Å². The van der Waals surface area contributed by atoms with Gasteiger partial charge in [-0.2, -0.15) is 0 Å². The van der Waals surface area contributed by atoms with Gasteiger partial charge >= 0.3 is 0 Å². The average molecular weight is 275 g/mol. The maximum atomic E-state index is 12.0. The fourth-order valence-electron chi connectivity index (χ4n) is 2.40. The van der Waals surface area contributed by atoms with E-state index >= 15 is 0 Å². The van der Waals surface area contributed by atoms with Crippen molar-refractivity contribution < 1.29 is 9.90 Å². The van der Waals surface area contributed by atoms with Crippen molar-refractivity contribution in [1.29, 1.82) is 0 Å². The number of nitrogens with one attached hydrogen (secondary N) is 1. The highest BCUT2D eigenvalue weighted by molar-refractivity contribution is 5.78. The van der Waals surface area contributed by atoms with Crippen LogP contribution in [0.5, 0.6) is 0 Å². The van der Waals surface area contributed by atoms with Crippen molar-refractivity contribution in [2.75, 3.05) is 13.2 Å². The molecule has 3 heteroatoms. The minimum atomic E-state index is -0.000577. The molecular formula is C17H25NO2. The summed E-state index contributed by atoms with van der Waals surface area (Å²) >= 11 is 0. The number of aryl methyl sites for hydroxylation is 1. The molecule has 0 spiro atoms. The van der Waals surface area contributed by atoms with Gasteiger partial charge in [0.05, 0.1) is 6.61 Å². The lowest BCUT2D eigenvalue weighted by Gasteiger charge is -2.16.